The van der Waals surface area contributed by atoms with Crippen molar-refractivity contribution < 1.29 is 4.92 Å². The first-order valence-corrected chi connectivity index (χ1v) is 7.18. The van der Waals surface area contributed by atoms with E-state index in [4.69, 9.17) is 0 Å². The highest BCUT2D eigenvalue weighted by Crippen LogP contribution is 2.25. The van der Waals surface area contributed by atoms with E-state index in [1.165, 1.54) is 18.6 Å². The van der Waals surface area contributed by atoms with Gasteiger partial charge in [-0.25, -0.2) is 4.98 Å². The number of fused-ring (bicyclic) bond motifs is 1. The van der Waals surface area contributed by atoms with Crippen molar-refractivity contribution in [1.29, 1.82) is 0 Å². The fourth-order valence-electron chi connectivity index (χ4n) is 2.21. The second-order valence-corrected chi connectivity index (χ2v) is 5.68. The molecule has 0 saturated carbocycles. The lowest BCUT2D eigenvalue weighted by Gasteiger charge is -2.04. The third kappa shape index (κ3) is 3.23. The molecule has 0 aliphatic carbocycles. The summed E-state index contributed by atoms with van der Waals surface area (Å²) in [5.41, 5.74) is 1.59. The maximum absolute atomic E-state index is 10.7. The van der Waals surface area contributed by atoms with Crippen molar-refractivity contribution in [3.8, 4) is 0 Å². The Kier molecular flexibility index (Phi) is 4.85. The molecule has 2 N–H and O–H groups in total. The van der Waals surface area contributed by atoms with Gasteiger partial charge in [0.15, 0.2) is 5.16 Å². The number of nitrogens with zero attached hydrogens (tertiary/aromatic N) is 2. The minimum absolute atomic E-state index is 0. The molecule has 6 nitrogen and oxygen atoms in total. The van der Waals surface area contributed by atoms with Crippen LogP contribution >= 0.6 is 24.2 Å². The average Bonchev–Trinajstić information content (AvgIpc) is 3.04. The number of benzene rings is 1. The van der Waals surface area contributed by atoms with Gasteiger partial charge in [0.25, 0.3) is 5.69 Å². The summed E-state index contributed by atoms with van der Waals surface area (Å²) in [6.07, 6.45) is 1.21. The van der Waals surface area contributed by atoms with Crippen LogP contribution in [0.3, 0.4) is 0 Å². The number of rotatable bonds is 4. The fraction of sp³-hybridized carbons (Fsp3) is 0.417. The number of nitro benzene ring substituents is 1. The molecule has 108 valence electrons. The summed E-state index contributed by atoms with van der Waals surface area (Å²) >= 11 is 1.68. The van der Waals surface area contributed by atoms with Crippen LogP contribution in [0, 0.1) is 16.0 Å². The summed E-state index contributed by atoms with van der Waals surface area (Å²) in [7, 11) is 0. The number of halogens is 1. The van der Waals surface area contributed by atoms with Gasteiger partial charge in [0.05, 0.1) is 16.0 Å². The molecule has 1 aliphatic heterocycles. The Morgan fingerprint density at radius 1 is 1.50 bits per heavy atom. The zero-order chi connectivity index (χ0) is 13.2. The molecule has 3 rings (SSSR count). The first-order valence-electron chi connectivity index (χ1n) is 6.20. The predicted molar refractivity (Wildman–Crippen MR) is 81.7 cm³/mol. The van der Waals surface area contributed by atoms with Crippen LogP contribution in [0.25, 0.3) is 11.0 Å². The molecule has 1 atom stereocenters. The summed E-state index contributed by atoms with van der Waals surface area (Å²) in [6.45, 7) is 2.16. The van der Waals surface area contributed by atoms with Gasteiger partial charge in [0.2, 0.25) is 0 Å². The van der Waals surface area contributed by atoms with Crippen LogP contribution in [0.2, 0.25) is 0 Å². The second-order valence-electron chi connectivity index (χ2n) is 4.67. The Hall–Kier alpha value is -1.31. The van der Waals surface area contributed by atoms with E-state index in [1.807, 2.05) is 0 Å². The molecule has 0 bridgehead atoms. The topological polar surface area (TPSA) is 83.8 Å². The van der Waals surface area contributed by atoms with Gasteiger partial charge in [-0.15, -0.1) is 12.4 Å². The zero-order valence-corrected chi connectivity index (χ0v) is 12.3. The van der Waals surface area contributed by atoms with Gasteiger partial charge in [-0.2, -0.15) is 0 Å². The third-order valence-corrected chi connectivity index (χ3v) is 4.38. The van der Waals surface area contributed by atoms with Gasteiger partial charge in [0.1, 0.15) is 0 Å². The Bertz CT molecular complexity index is 613. The van der Waals surface area contributed by atoms with Gasteiger partial charge >= 0.3 is 0 Å². The van der Waals surface area contributed by atoms with Crippen LogP contribution in [0.4, 0.5) is 5.69 Å². The molecule has 2 aromatic rings. The maximum Gasteiger partial charge on any atom is 0.271 e. The standard InChI is InChI=1S/C12H14N4O2S.ClH/c17-16(18)9-1-2-10-11(5-9)15-12(14-10)19-7-8-3-4-13-6-8;/h1-2,5,8,13H,3-4,6-7H2,(H,14,15);1H. The van der Waals surface area contributed by atoms with Crippen LogP contribution in [0.15, 0.2) is 23.4 Å². The third-order valence-electron chi connectivity index (χ3n) is 3.27. The highest BCUT2D eigenvalue weighted by Gasteiger charge is 2.16. The Balaban J connectivity index is 0.00000147. The van der Waals surface area contributed by atoms with E-state index in [9.17, 15) is 10.1 Å². The van der Waals surface area contributed by atoms with Gasteiger partial charge in [-0.05, 0) is 31.5 Å². The highest BCUT2D eigenvalue weighted by molar-refractivity contribution is 7.99. The van der Waals surface area contributed by atoms with E-state index >= 15 is 0 Å². The summed E-state index contributed by atoms with van der Waals surface area (Å²) in [5.74, 6) is 1.71. The molecule has 0 spiro atoms. The predicted octanol–water partition coefficient (Wildman–Crippen LogP) is 2.59. The van der Waals surface area contributed by atoms with Crippen LogP contribution in [0.1, 0.15) is 6.42 Å². The normalized spacial score (nSPS) is 18.1. The number of nitro groups is 1. The molecule has 8 heteroatoms. The molecule has 0 radical (unpaired) electrons. The fourth-order valence-corrected chi connectivity index (χ4v) is 3.23. The number of thioether (sulfide) groups is 1. The maximum atomic E-state index is 10.7. The zero-order valence-electron chi connectivity index (χ0n) is 10.7. The van der Waals surface area contributed by atoms with E-state index in [1.54, 1.807) is 17.8 Å². The molecule has 0 amide bonds. The van der Waals surface area contributed by atoms with Crippen molar-refractivity contribution in [2.75, 3.05) is 18.8 Å². The number of aromatic amines is 1. The minimum atomic E-state index is -0.392. The van der Waals surface area contributed by atoms with Crippen molar-refractivity contribution in [2.24, 2.45) is 5.92 Å². The summed E-state index contributed by atoms with van der Waals surface area (Å²) in [4.78, 5) is 17.9. The number of imidazole rings is 1. The summed E-state index contributed by atoms with van der Waals surface area (Å²) in [6, 6.07) is 4.70. The van der Waals surface area contributed by atoms with Crippen LogP contribution in [0.5, 0.6) is 0 Å². The van der Waals surface area contributed by atoms with E-state index < -0.39 is 4.92 Å². The number of non-ortho nitro benzene ring substituents is 1. The molecule has 1 unspecified atom stereocenters. The lowest BCUT2D eigenvalue weighted by molar-refractivity contribution is -0.384. The van der Waals surface area contributed by atoms with E-state index in [0.717, 1.165) is 35.0 Å². The lowest BCUT2D eigenvalue weighted by atomic mass is 10.2. The first-order chi connectivity index (χ1) is 9.22. The Labute approximate surface area is 126 Å². The Morgan fingerprint density at radius 2 is 2.35 bits per heavy atom. The number of aromatic nitrogens is 2. The molecule has 2 heterocycles. The van der Waals surface area contributed by atoms with Crippen LogP contribution in [-0.4, -0.2) is 33.7 Å². The average molecular weight is 315 g/mol. The van der Waals surface area contributed by atoms with E-state index in [2.05, 4.69) is 15.3 Å². The monoisotopic (exact) mass is 314 g/mol. The molecule has 1 aromatic heterocycles. The quantitative estimate of drug-likeness (QED) is 0.515. The smallest absolute Gasteiger partial charge is 0.271 e. The number of H-pyrrole nitrogens is 1. The van der Waals surface area contributed by atoms with Gasteiger partial charge in [-0.1, -0.05) is 11.8 Å². The Morgan fingerprint density at radius 3 is 3.05 bits per heavy atom. The van der Waals surface area contributed by atoms with E-state index in [0.29, 0.717) is 5.92 Å². The lowest BCUT2D eigenvalue weighted by Crippen LogP contribution is -2.10. The molecular weight excluding hydrogens is 300 g/mol. The molecule has 1 fully saturated rings. The van der Waals surface area contributed by atoms with E-state index in [-0.39, 0.29) is 18.1 Å². The minimum Gasteiger partial charge on any atom is -0.333 e. The van der Waals surface area contributed by atoms with Gasteiger partial charge in [0, 0.05) is 17.9 Å². The van der Waals surface area contributed by atoms with Crippen LogP contribution < -0.4 is 5.32 Å². The largest absolute Gasteiger partial charge is 0.333 e. The number of nitrogens with one attached hydrogen (secondary N) is 2. The van der Waals surface area contributed by atoms with Gasteiger partial charge in [-0.3, -0.25) is 10.1 Å². The summed E-state index contributed by atoms with van der Waals surface area (Å²) in [5, 5.41) is 14.9. The summed E-state index contributed by atoms with van der Waals surface area (Å²) < 4.78 is 0. The number of hydrogen-bond acceptors (Lipinski definition) is 5. The van der Waals surface area contributed by atoms with Crippen molar-refractivity contribution in [3.63, 3.8) is 0 Å². The molecule has 1 aromatic carbocycles. The number of hydrogen-bond donors (Lipinski definition) is 2. The SMILES string of the molecule is Cl.O=[N+]([O-])c1ccc2nc(SCC3CCNC3)[nH]c2c1. The van der Waals surface area contributed by atoms with Crippen molar-refractivity contribution in [1.82, 2.24) is 15.3 Å². The van der Waals surface area contributed by atoms with Crippen LogP contribution in [-0.2, 0) is 0 Å². The second kappa shape index (κ2) is 6.43. The molecular formula is C12H15ClN4O2S. The molecule has 1 saturated heterocycles. The van der Waals surface area contributed by atoms with Gasteiger partial charge < -0.3 is 10.3 Å². The van der Waals surface area contributed by atoms with Crippen molar-refractivity contribution in [2.45, 2.75) is 11.6 Å². The van der Waals surface area contributed by atoms with Crippen molar-refractivity contribution >= 4 is 40.9 Å². The highest BCUT2D eigenvalue weighted by atomic mass is 35.5. The first kappa shape index (κ1) is 15.1. The molecule has 1 aliphatic rings. The van der Waals surface area contributed by atoms with Crippen molar-refractivity contribution in [3.05, 3.63) is 28.3 Å². The molecule has 20 heavy (non-hydrogen) atoms.